The highest BCUT2D eigenvalue weighted by Gasteiger charge is 2.35. The molecule has 0 bridgehead atoms. The van der Waals surface area contributed by atoms with E-state index in [-0.39, 0.29) is 24.4 Å². The van der Waals surface area contributed by atoms with Gasteiger partial charge in [-0.3, -0.25) is 9.59 Å². The Morgan fingerprint density at radius 1 is 1.32 bits per heavy atom. The normalized spacial score (nSPS) is 16.2. The van der Waals surface area contributed by atoms with Crippen LogP contribution in [0.15, 0.2) is 46.9 Å². The molecule has 1 aromatic heterocycles. The maximum atomic E-state index is 13.1. The average molecular weight is 420 g/mol. The van der Waals surface area contributed by atoms with Gasteiger partial charge in [-0.1, -0.05) is 35.9 Å². The van der Waals surface area contributed by atoms with Crippen molar-refractivity contribution >= 4 is 40.5 Å². The summed E-state index contributed by atoms with van der Waals surface area (Å²) in [4.78, 5) is 27.5. The van der Waals surface area contributed by atoms with Crippen molar-refractivity contribution in [1.29, 1.82) is 0 Å². The maximum Gasteiger partial charge on any atom is 0.262 e. The zero-order chi connectivity index (χ0) is 20.1. The third-order valence-electron chi connectivity index (χ3n) is 4.57. The van der Waals surface area contributed by atoms with E-state index in [1.54, 1.807) is 18.4 Å². The summed E-state index contributed by atoms with van der Waals surface area (Å²) in [6.07, 6.45) is 0.578. The molecule has 8 heteroatoms. The Hall–Kier alpha value is -2.22. The molecule has 2 amide bonds. The van der Waals surface area contributed by atoms with Crippen LogP contribution in [0.1, 0.15) is 29.8 Å². The van der Waals surface area contributed by atoms with E-state index in [0.717, 1.165) is 16.2 Å². The number of hydrogen-bond acceptors (Lipinski definition) is 5. The predicted molar refractivity (Wildman–Crippen MR) is 111 cm³/mol. The number of ether oxygens (including phenoxy) is 1. The Kier molecular flexibility index (Phi) is 6.83. The summed E-state index contributed by atoms with van der Waals surface area (Å²) in [5.74, 6) is -0.427. The molecule has 1 aliphatic heterocycles. The topological polar surface area (TPSA) is 62.2 Å². The maximum absolute atomic E-state index is 13.1. The molecule has 0 saturated carbocycles. The van der Waals surface area contributed by atoms with E-state index in [2.05, 4.69) is 5.10 Å². The van der Waals surface area contributed by atoms with Crippen LogP contribution in [-0.4, -0.2) is 54.2 Å². The fourth-order valence-corrected chi connectivity index (χ4v) is 4.09. The van der Waals surface area contributed by atoms with E-state index < -0.39 is 0 Å². The van der Waals surface area contributed by atoms with Crippen LogP contribution in [0.5, 0.6) is 0 Å². The van der Waals surface area contributed by atoms with Gasteiger partial charge in [-0.15, -0.1) is 11.3 Å². The molecular weight excluding hydrogens is 398 g/mol. The highest BCUT2D eigenvalue weighted by Crippen LogP contribution is 2.36. The van der Waals surface area contributed by atoms with Crippen LogP contribution in [0.4, 0.5) is 0 Å². The lowest BCUT2D eigenvalue weighted by molar-refractivity contribution is -0.141. The second-order valence-corrected chi connectivity index (χ2v) is 7.79. The molecule has 28 heavy (non-hydrogen) atoms. The molecule has 0 aliphatic carbocycles. The number of nitrogens with zero attached hydrogens (tertiary/aromatic N) is 3. The van der Waals surface area contributed by atoms with Crippen molar-refractivity contribution in [2.45, 2.75) is 19.4 Å². The number of amides is 2. The van der Waals surface area contributed by atoms with E-state index >= 15 is 0 Å². The molecule has 1 aromatic carbocycles. The van der Waals surface area contributed by atoms with Crippen LogP contribution in [-0.2, 0) is 14.3 Å². The lowest BCUT2D eigenvalue weighted by Crippen LogP contribution is -2.41. The van der Waals surface area contributed by atoms with E-state index in [1.165, 1.54) is 16.8 Å². The number of benzene rings is 1. The van der Waals surface area contributed by atoms with Crippen LogP contribution >= 0.6 is 22.9 Å². The van der Waals surface area contributed by atoms with Gasteiger partial charge in [0, 0.05) is 32.0 Å². The number of methoxy groups -OCH3 is 1. The summed E-state index contributed by atoms with van der Waals surface area (Å²) in [5, 5.41) is 8.65. The van der Waals surface area contributed by atoms with Crippen LogP contribution in [0.3, 0.4) is 0 Å². The van der Waals surface area contributed by atoms with E-state index in [4.69, 9.17) is 16.3 Å². The summed E-state index contributed by atoms with van der Waals surface area (Å²) >= 11 is 7.99. The lowest BCUT2D eigenvalue weighted by atomic mass is 10.0. The highest BCUT2D eigenvalue weighted by molar-refractivity contribution is 7.12. The van der Waals surface area contributed by atoms with Crippen molar-refractivity contribution in [3.8, 4) is 0 Å². The molecule has 1 atom stereocenters. The molecule has 0 unspecified atom stereocenters. The molecule has 0 radical (unpaired) electrons. The van der Waals surface area contributed by atoms with Gasteiger partial charge in [-0.05, 0) is 23.1 Å². The van der Waals surface area contributed by atoms with Crippen molar-refractivity contribution in [2.75, 3.05) is 26.8 Å². The first-order valence-electron chi connectivity index (χ1n) is 8.93. The van der Waals surface area contributed by atoms with E-state index in [9.17, 15) is 9.59 Å². The molecule has 0 fully saturated rings. The van der Waals surface area contributed by atoms with Gasteiger partial charge in [0.2, 0.25) is 5.91 Å². The minimum atomic E-state index is -0.297. The van der Waals surface area contributed by atoms with Gasteiger partial charge >= 0.3 is 0 Å². The summed E-state index contributed by atoms with van der Waals surface area (Å²) < 4.78 is 5.04. The molecule has 6 nitrogen and oxygen atoms in total. The van der Waals surface area contributed by atoms with Gasteiger partial charge in [0.05, 0.1) is 23.2 Å². The quantitative estimate of drug-likeness (QED) is 0.689. The van der Waals surface area contributed by atoms with Crippen molar-refractivity contribution < 1.29 is 14.3 Å². The molecule has 2 heterocycles. The third-order valence-corrected chi connectivity index (χ3v) is 5.84. The number of thiophene rings is 1. The van der Waals surface area contributed by atoms with Gasteiger partial charge in [0.25, 0.3) is 5.91 Å². The van der Waals surface area contributed by atoms with Gasteiger partial charge in [-0.2, -0.15) is 5.10 Å². The number of rotatable bonds is 7. The first-order valence-corrected chi connectivity index (χ1v) is 10.2. The number of carbonyl (C=O) groups excluding carboxylic acids is 2. The van der Waals surface area contributed by atoms with Crippen LogP contribution in [0.2, 0.25) is 5.02 Å². The van der Waals surface area contributed by atoms with Crippen molar-refractivity contribution in [3.63, 3.8) is 0 Å². The second kappa shape index (κ2) is 9.32. The molecule has 0 saturated heterocycles. The Morgan fingerprint density at radius 3 is 2.75 bits per heavy atom. The number of halogens is 1. The smallest absolute Gasteiger partial charge is 0.262 e. The van der Waals surface area contributed by atoms with Gasteiger partial charge in [0.15, 0.2) is 0 Å². The fraction of sp³-hybridized carbons (Fsp3) is 0.350. The van der Waals surface area contributed by atoms with Gasteiger partial charge in [-0.25, -0.2) is 5.01 Å². The minimum absolute atomic E-state index is 0.0547. The Labute approximate surface area is 173 Å². The van der Waals surface area contributed by atoms with Crippen LogP contribution < -0.4 is 0 Å². The van der Waals surface area contributed by atoms with Crippen molar-refractivity contribution in [1.82, 2.24) is 9.91 Å². The zero-order valence-electron chi connectivity index (χ0n) is 15.8. The number of hydrogen-bond donors (Lipinski definition) is 0. The van der Waals surface area contributed by atoms with E-state index in [1.807, 2.05) is 41.8 Å². The number of carbonyl (C=O) groups is 2. The largest absolute Gasteiger partial charge is 0.383 e. The zero-order valence-corrected chi connectivity index (χ0v) is 17.4. The molecule has 0 spiro atoms. The Bertz CT molecular complexity index is 869. The second-order valence-electron chi connectivity index (χ2n) is 6.44. The average Bonchev–Trinajstić information content (AvgIpc) is 3.34. The first-order chi connectivity index (χ1) is 13.5. The summed E-state index contributed by atoms with van der Waals surface area (Å²) in [6, 6.07) is 11.1. The Balaban J connectivity index is 1.87. The number of hydrazone groups is 1. The Morgan fingerprint density at radius 2 is 2.11 bits per heavy atom. The SMILES string of the molecule is COCCN(CC(=O)N1N=C(c2cccs2)C[C@@H]1c1ccccc1Cl)C(C)=O. The fourth-order valence-electron chi connectivity index (χ4n) is 3.10. The molecule has 1 aliphatic rings. The third kappa shape index (κ3) is 4.60. The predicted octanol–water partition coefficient (Wildman–Crippen LogP) is 3.57. The minimum Gasteiger partial charge on any atom is -0.383 e. The van der Waals surface area contributed by atoms with Crippen molar-refractivity contribution in [3.05, 3.63) is 57.2 Å². The summed E-state index contributed by atoms with van der Waals surface area (Å²) in [5.41, 5.74) is 1.69. The first kappa shape index (κ1) is 20.5. The molecule has 2 aromatic rings. The van der Waals surface area contributed by atoms with E-state index in [0.29, 0.717) is 24.6 Å². The molecule has 3 rings (SSSR count). The summed E-state index contributed by atoms with van der Waals surface area (Å²) in [6.45, 7) is 2.11. The molecule has 148 valence electrons. The van der Waals surface area contributed by atoms with Crippen LogP contribution in [0, 0.1) is 0 Å². The highest BCUT2D eigenvalue weighted by atomic mass is 35.5. The monoisotopic (exact) mass is 419 g/mol. The standard InChI is InChI=1S/C20H22ClN3O3S/c1-14(25)23(9-10-27-2)13-20(26)24-18(15-6-3-4-7-16(15)21)12-17(22-24)19-8-5-11-28-19/h3-8,11,18H,9-10,12-13H2,1-2H3/t18-/m1/s1. The van der Waals surface area contributed by atoms with Gasteiger partial charge in [0.1, 0.15) is 6.54 Å². The molecular formula is C20H22ClN3O3S. The lowest BCUT2D eigenvalue weighted by Gasteiger charge is -2.26. The van der Waals surface area contributed by atoms with Crippen LogP contribution in [0.25, 0.3) is 0 Å². The van der Waals surface area contributed by atoms with Gasteiger partial charge < -0.3 is 9.64 Å². The molecule has 0 N–H and O–H groups in total. The van der Waals surface area contributed by atoms with Crippen molar-refractivity contribution in [2.24, 2.45) is 5.10 Å². The summed E-state index contributed by atoms with van der Waals surface area (Å²) in [7, 11) is 1.56.